The molecule has 1 unspecified atom stereocenters. The summed E-state index contributed by atoms with van der Waals surface area (Å²) in [6.07, 6.45) is 8.29. The lowest BCUT2D eigenvalue weighted by molar-refractivity contribution is 0.0420. The molecule has 0 aliphatic carbocycles. The lowest BCUT2D eigenvalue weighted by Gasteiger charge is -2.12. The molecule has 25 heavy (non-hydrogen) atoms. The van der Waals surface area contributed by atoms with Crippen molar-refractivity contribution >= 4 is 29.9 Å². The summed E-state index contributed by atoms with van der Waals surface area (Å²) < 4.78 is 12.9. The van der Waals surface area contributed by atoms with E-state index >= 15 is 0 Å². The van der Waals surface area contributed by atoms with E-state index in [9.17, 15) is 0 Å². The van der Waals surface area contributed by atoms with Crippen LogP contribution in [0.3, 0.4) is 0 Å². The molecular weight excluding hydrogens is 433 g/mol. The van der Waals surface area contributed by atoms with Crippen molar-refractivity contribution in [2.75, 3.05) is 39.5 Å². The molecule has 1 saturated heterocycles. The van der Waals surface area contributed by atoms with Gasteiger partial charge >= 0.3 is 0 Å². The molecule has 1 atom stereocenters. The molecule has 2 N–H and O–H groups in total. The van der Waals surface area contributed by atoms with Gasteiger partial charge in [-0.15, -0.1) is 24.0 Å². The molecule has 144 valence electrons. The Kier molecular flexibility index (Phi) is 11.8. The third-order valence-corrected chi connectivity index (χ3v) is 3.85. The van der Waals surface area contributed by atoms with Crippen molar-refractivity contribution in [2.45, 2.75) is 38.7 Å². The molecule has 1 aromatic rings. The molecule has 2 rings (SSSR count). The number of aliphatic imine (C=N–C) groups is 1. The number of hydrogen-bond acceptors (Lipinski definition) is 4. The molecule has 0 radical (unpaired) electrons. The van der Waals surface area contributed by atoms with Crippen molar-refractivity contribution in [1.82, 2.24) is 20.4 Å². The Bertz CT molecular complexity index is 489. The van der Waals surface area contributed by atoms with Crippen molar-refractivity contribution in [2.24, 2.45) is 12.0 Å². The van der Waals surface area contributed by atoms with E-state index in [2.05, 4.69) is 33.8 Å². The summed E-state index contributed by atoms with van der Waals surface area (Å²) in [4.78, 5) is 4.62. The lowest BCUT2D eigenvalue weighted by Crippen LogP contribution is -2.38. The number of aromatic nitrogens is 2. The third-order valence-electron chi connectivity index (χ3n) is 3.85. The maximum atomic E-state index is 5.76. The predicted octanol–water partition coefficient (Wildman–Crippen LogP) is 1.72. The lowest BCUT2D eigenvalue weighted by atomic mass is 10.2. The summed E-state index contributed by atoms with van der Waals surface area (Å²) >= 11 is 0. The average molecular weight is 465 g/mol. The molecule has 1 aliphatic heterocycles. The number of nitrogens with one attached hydrogen (secondary N) is 2. The number of rotatable bonds is 10. The first-order chi connectivity index (χ1) is 11.8. The number of guanidine groups is 1. The number of ether oxygens (including phenoxy) is 2. The van der Waals surface area contributed by atoms with Crippen LogP contribution in [-0.4, -0.2) is 61.3 Å². The van der Waals surface area contributed by atoms with Gasteiger partial charge < -0.3 is 20.1 Å². The highest BCUT2D eigenvalue weighted by atomic mass is 127. The Morgan fingerprint density at radius 2 is 2.32 bits per heavy atom. The summed E-state index contributed by atoms with van der Waals surface area (Å²) in [5, 5.41) is 10.8. The van der Waals surface area contributed by atoms with Gasteiger partial charge in [0.1, 0.15) is 0 Å². The zero-order valence-electron chi connectivity index (χ0n) is 15.4. The van der Waals surface area contributed by atoms with Gasteiger partial charge in [0.05, 0.1) is 18.9 Å². The van der Waals surface area contributed by atoms with Crippen molar-refractivity contribution in [3.05, 3.63) is 18.0 Å². The number of nitrogens with zero attached hydrogens (tertiary/aromatic N) is 3. The van der Waals surface area contributed by atoms with Gasteiger partial charge in [-0.3, -0.25) is 9.67 Å². The molecule has 0 aromatic carbocycles. The maximum Gasteiger partial charge on any atom is 0.191 e. The van der Waals surface area contributed by atoms with Crippen molar-refractivity contribution < 1.29 is 9.47 Å². The maximum absolute atomic E-state index is 5.76. The number of hydrogen-bond donors (Lipinski definition) is 2. The Hall–Kier alpha value is -0.870. The van der Waals surface area contributed by atoms with Gasteiger partial charge in [0.25, 0.3) is 0 Å². The highest BCUT2D eigenvalue weighted by molar-refractivity contribution is 14.0. The smallest absolute Gasteiger partial charge is 0.191 e. The van der Waals surface area contributed by atoms with Gasteiger partial charge in [0, 0.05) is 46.1 Å². The van der Waals surface area contributed by atoms with Crippen LogP contribution >= 0.6 is 24.0 Å². The summed E-state index contributed by atoms with van der Waals surface area (Å²) in [6.45, 7) is 6.96. The van der Waals surface area contributed by atoms with E-state index < -0.39 is 0 Å². The molecule has 0 spiro atoms. The van der Waals surface area contributed by atoms with Crippen LogP contribution in [0.2, 0.25) is 0 Å². The first-order valence-corrected chi connectivity index (χ1v) is 8.97. The van der Waals surface area contributed by atoms with Crippen molar-refractivity contribution in [3.8, 4) is 0 Å². The van der Waals surface area contributed by atoms with Crippen LogP contribution in [0, 0.1) is 0 Å². The molecular formula is C17H32IN5O2. The Labute approximate surface area is 168 Å². The van der Waals surface area contributed by atoms with Gasteiger partial charge in [0.15, 0.2) is 5.96 Å². The van der Waals surface area contributed by atoms with Gasteiger partial charge in [-0.2, -0.15) is 5.10 Å². The first-order valence-electron chi connectivity index (χ1n) is 8.97. The van der Waals surface area contributed by atoms with Crippen LogP contribution in [0.15, 0.2) is 17.4 Å². The van der Waals surface area contributed by atoms with Crippen LogP contribution in [0.25, 0.3) is 0 Å². The Morgan fingerprint density at radius 1 is 1.44 bits per heavy atom. The van der Waals surface area contributed by atoms with E-state index in [1.165, 1.54) is 5.56 Å². The van der Waals surface area contributed by atoms with E-state index in [-0.39, 0.29) is 24.0 Å². The summed E-state index contributed by atoms with van der Waals surface area (Å²) in [5.74, 6) is 0.882. The monoisotopic (exact) mass is 465 g/mol. The molecule has 0 amide bonds. The van der Waals surface area contributed by atoms with Gasteiger partial charge in [-0.05, 0) is 38.2 Å². The minimum absolute atomic E-state index is 0. The second kappa shape index (κ2) is 13.3. The average Bonchev–Trinajstić information content (AvgIpc) is 3.22. The molecule has 8 heteroatoms. The van der Waals surface area contributed by atoms with Crippen molar-refractivity contribution in [1.29, 1.82) is 0 Å². The second-order valence-corrected chi connectivity index (χ2v) is 6.02. The summed E-state index contributed by atoms with van der Waals surface area (Å²) in [6, 6.07) is 0. The van der Waals surface area contributed by atoms with Crippen LogP contribution in [-0.2, 0) is 22.9 Å². The van der Waals surface area contributed by atoms with Crippen LogP contribution in [0.4, 0.5) is 0 Å². The van der Waals surface area contributed by atoms with E-state index in [0.717, 1.165) is 71.1 Å². The largest absolute Gasteiger partial charge is 0.379 e. The summed E-state index contributed by atoms with van der Waals surface area (Å²) in [7, 11) is 1.94. The highest BCUT2D eigenvalue weighted by Gasteiger charge is 2.15. The van der Waals surface area contributed by atoms with E-state index in [1.54, 1.807) is 0 Å². The Balaban J connectivity index is 0.00000312. The molecule has 0 bridgehead atoms. The quantitative estimate of drug-likeness (QED) is 0.238. The number of aryl methyl sites for hydroxylation is 2. The molecule has 0 saturated carbocycles. The molecule has 1 fully saturated rings. The minimum atomic E-state index is 0. The molecule has 1 aliphatic rings. The SMILES string of the molecule is CCNC(=NCCCc1cnn(C)c1)NCCCOC1CCOC1.I. The molecule has 2 heterocycles. The van der Waals surface area contributed by atoms with Gasteiger partial charge in [-0.25, -0.2) is 0 Å². The fourth-order valence-corrected chi connectivity index (χ4v) is 2.59. The fraction of sp³-hybridized carbons (Fsp3) is 0.765. The zero-order valence-corrected chi connectivity index (χ0v) is 17.7. The van der Waals surface area contributed by atoms with Gasteiger partial charge in [-0.1, -0.05) is 0 Å². The number of halogens is 1. The predicted molar refractivity (Wildman–Crippen MR) is 111 cm³/mol. The first kappa shape index (κ1) is 22.2. The summed E-state index contributed by atoms with van der Waals surface area (Å²) in [5.41, 5.74) is 1.26. The highest BCUT2D eigenvalue weighted by Crippen LogP contribution is 2.07. The van der Waals surface area contributed by atoms with E-state index in [4.69, 9.17) is 9.47 Å². The minimum Gasteiger partial charge on any atom is -0.379 e. The zero-order chi connectivity index (χ0) is 17.0. The van der Waals surface area contributed by atoms with Crippen LogP contribution in [0.5, 0.6) is 0 Å². The third kappa shape index (κ3) is 9.41. The van der Waals surface area contributed by atoms with Crippen LogP contribution < -0.4 is 10.6 Å². The van der Waals surface area contributed by atoms with E-state index in [1.807, 2.05) is 17.9 Å². The molecule has 7 nitrogen and oxygen atoms in total. The van der Waals surface area contributed by atoms with Crippen molar-refractivity contribution in [3.63, 3.8) is 0 Å². The fourth-order valence-electron chi connectivity index (χ4n) is 2.59. The normalized spacial score (nSPS) is 17.4. The van der Waals surface area contributed by atoms with E-state index in [0.29, 0.717) is 6.10 Å². The van der Waals surface area contributed by atoms with Crippen LogP contribution in [0.1, 0.15) is 31.7 Å². The second-order valence-electron chi connectivity index (χ2n) is 6.02. The standard InChI is InChI=1S/C17H31N5O2.HI/c1-3-18-17(19-8-4-6-15-12-21-22(2)13-15)20-9-5-10-24-16-7-11-23-14-16;/h12-13,16H,3-11,14H2,1-2H3,(H2,18,19,20);1H. The Morgan fingerprint density at radius 3 is 3.00 bits per heavy atom. The topological polar surface area (TPSA) is 72.7 Å². The molecule has 1 aromatic heterocycles. The van der Waals surface area contributed by atoms with Gasteiger partial charge in [0.2, 0.25) is 0 Å².